The molecule has 0 unspecified atom stereocenters. The van der Waals surface area contributed by atoms with Gasteiger partial charge in [-0.1, -0.05) is 54.6 Å². The van der Waals surface area contributed by atoms with Gasteiger partial charge in [0.1, 0.15) is 0 Å². The van der Waals surface area contributed by atoms with Crippen molar-refractivity contribution in [3.8, 4) is 22.3 Å². The Kier molecular flexibility index (Phi) is 2.55. The zero-order valence-electron chi connectivity index (χ0n) is 11.2. The van der Waals surface area contributed by atoms with Crippen LogP contribution in [-0.2, 0) is 0 Å². The Morgan fingerprint density at radius 3 is 1.57 bits per heavy atom. The number of rotatable bonds is 0. The monoisotopic (exact) mass is 302 g/mol. The number of fused-ring (bicyclic) bond motifs is 4. The summed E-state index contributed by atoms with van der Waals surface area (Å²) in [6.45, 7) is 0. The molecule has 0 nitrogen and oxygen atoms in total. The van der Waals surface area contributed by atoms with Gasteiger partial charge in [-0.3, -0.25) is 0 Å². The molecule has 2 aliphatic rings. The average molecular weight is 302 g/mol. The van der Waals surface area contributed by atoms with Crippen LogP contribution in [0.25, 0.3) is 22.3 Å². The third-order valence-electron chi connectivity index (χ3n) is 4.16. The minimum absolute atomic E-state index is 0.473. The van der Waals surface area contributed by atoms with Gasteiger partial charge in [0.15, 0.2) is 0 Å². The summed E-state index contributed by atoms with van der Waals surface area (Å²) in [5.41, 5.74) is 7.10. The SMILES string of the molecule is c1ccc2c(c1)SB1Sc3ccccc3-c3cccc-2c31. The summed E-state index contributed by atoms with van der Waals surface area (Å²) in [4.78, 5) is 2.80. The van der Waals surface area contributed by atoms with Crippen molar-refractivity contribution in [2.24, 2.45) is 0 Å². The molecule has 3 aromatic carbocycles. The van der Waals surface area contributed by atoms with E-state index < -0.39 is 0 Å². The van der Waals surface area contributed by atoms with Gasteiger partial charge in [-0.25, -0.2) is 0 Å². The Morgan fingerprint density at radius 1 is 0.524 bits per heavy atom. The van der Waals surface area contributed by atoms with E-state index in [2.05, 4.69) is 66.7 Å². The summed E-state index contributed by atoms with van der Waals surface area (Å²) in [5.74, 6) is 0. The molecule has 2 heterocycles. The quantitative estimate of drug-likeness (QED) is 0.540. The van der Waals surface area contributed by atoms with Crippen LogP contribution >= 0.6 is 23.2 Å². The largest absolute Gasteiger partial charge is 0.318 e. The first-order valence-electron chi connectivity index (χ1n) is 7.07. The Hall–Kier alpha value is -1.58. The van der Waals surface area contributed by atoms with E-state index in [0.29, 0.717) is 5.27 Å². The number of hydrogen-bond acceptors (Lipinski definition) is 2. The molecule has 0 amide bonds. The average Bonchev–Trinajstić information content (AvgIpc) is 2.55. The highest BCUT2D eigenvalue weighted by molar-refractivity contribution is 8.56. The minimum Gasteiger partial charge on any atom is -0.154 e. The molecular formula is C18H11BS2. The van der Waals surface area contributed by atoms with Crippen molar-refractivity contribution in [2.45, 2.75) is 9.79 Å². The van der Waals surface area contributed by atoms with E-state index in [1.165, 1.54) is 37.5 Å². The highest BCUT2D eigenvalue weighted by Gasteiger charge is 2.35. The lowest BCUT2D eigenvalue weighted by molar-refractivity contribution is 1.43. The maximum atomic E-state index is 2.28. The lowest BCUT2D eigenvalue weighted by Crippen LogP contribution is -2.33. The Morgan fingerprint density at radius 2 is 1.00 bits per heavy atom. The van der Waals surface area contributed by atoms with Gasteiger partial charge in [0, 0.05) is 9.79 Å². The van der Waals surface area contributed by atoms with Crippen LogP contribution in [0, 0.1) is 0 Å². The van der Waals surface area contributed by atoms with Crippen molar-refractivity contribution in [3.05, 3.63) is 66.7 Å². The van der Waals surface area contributed by atoms with Crippen LogP contribution in [0.1, 0.15) is 0 Å². The lowest BCUT2D eigenvalue weighted by atomic mass is 9.77. The second-order valence-corrected chi connectivity index (χ2v) is 7.92. The molecule has 0 saturated heterocycles. The maximum absolute atomic E-state index is 2.28. The Bertz CT molecular complexity index is 805. The molecule has 0 N–H and O–H groups in total. The van der Waals surface area contributed by atoms with Gasteiger partial charge < -0.3 is 0 Å². The summed E-state index contributed by atoms with van der Waals surface area (Å²) in [6.07, 6.45) is 0. The summed E-state index contributed by atoms with van der Waals surface area (Å²) >= 11 is 3.98. The summed E-state index contributed by atoms with van der Waals surface area (Å²) < 4.78 is 0. The van der Waals surface area contributed by atoms with Crippen LogP contribution in [0.3, 0.4) is 0 Å². The molecule has 3 aromatic rings. The van der Waals surface area contributed by atoms with Crippen LogP contribution in [0.4, 0.5) is 0 Å². The molecule has 5 rings (SSSR count). The first-order valence-corrected chi connectivity index (χ1v) is 8.83. The third-order valence-corrected chi connectivity index (χ3v) is 6.86. The molecule has 98 valence electrons. The topological polar surface area (TPSA) is 0 Å². The van der Waals surface area contributed by atoms with E-state index in [0.717, 1.165) is 0 Å². The smallest absolute Gasteiger partial charge is 0.154 e. The van der Waals surface area contributed by atoms with Gasteiger partial charge >= 0.3 is 5.27 Å². The molecule has 0 saturated carbocycles. The predicted molar refractivity (Wildman–Crippen MR) is 94.4 cm³/mol. The Balaban J connectivity index is 1.86. The normalized spacial score (nSPS) is 14.2. The summed E-state index contributed by atoms with van der Waals surface area (Å²) in [6, 6.07) is 24.3. The predicted octanol–water partition coefficient (Wildman–Crippen LogP) is 4.93. The van der Waals surface area contributed by atoms with Crippen molar-refractivity contribution in [3.63, 3.8) is 0 Å². The second-order valence-electron chi connectivity index (χ2n) is 5.33. The van der Waals surface area contributed by atoms with Crippen LogP contribution < -0.4 is 5.46 Å². The van der Waals surface area contributed by atoms with Gasteiger partial charge in [0.2, 0.25) is 0 Å². The fraction of sp³-hybridized carbons (Fsp3) is 0. The first kappa shape index (κ1) is 12.0. The molecule has 3 heteroatoms. The van der Waals surface area contributed by atoms with Crippen LogP contribution in [-0.4, -0.2) is 5.27 Å². The van der Waals surface area contributed by atoms with Gasteiger partial charge in [0.25, 0.3) is 0 Å². The van der Waals surface area contributed by atoms with E-state index in [4.69, 9.17) is 0 Å². The molecular weight excluding hydrogens is 291 g/mol. The maximum Gasteiger partial charge on any atom is 0.318 e. The van der Waals surface area contributed by atoms with Gasteiger partial charge in [-0.15, -0.1) is 0 Å². The summed E-state index contributed by atoms with van der Waals surface area (Å²) in [5, 5.41) is 0.473. The fourth-order valence-electron chi connectivity index (χ4n) is 3.25. The molecule has 0 spiro atoms. The molecule has 0 aliphatic carbocycles. The molecule has 0 fully saturated rings. The number of benzene rings is 3. The van der Waals surface area contributed by atoms with Crippen LogP contribution in [0.2, 0.25) is 0 Å². The second kappa shape index (κ2) is 4.46. The summed E-state index contributed by atoms with van der Waals surface area (Å²) in [7, 11) is 0. The van der Waals surface area contributed by atoms with Gasteiger partial charge in [0.05, 0.1) is 0 Å². The minimum atomic E-state index is 0.473. The molecule has 0 aromatic heterocycles. The highest BCUT2D eigenvalue weighted by atomic mass is 32.2. The van der Waals surface area contributed by atoms with Crippen molar-refractivity contribution < 1.29 is 0 Å². The van der Waals surface area contributed by atoms with E-state index >= 15 is 0 Å². The van der Waals surface area contributed by atoms with Crippen molar-refractivity contribution >= 4 is 34.0 Å². The molecule has 2 aliphatic heterocycles. The van der Waals surface area contributed by atoms with E-state index in [1.807, 2.05) is 23.2 Å². The van der Waals surface area contributed by atoms with Crippen molar-refractivity contribution in [1.82, 2.24) is 0 Å². The zero-order valence-corrected chi connectivity index (χ0v) is 12.9. The third kappa shape index (κ3) is 1.68. The fourth-order valence-corrected chi connectivity index (χ4v) is 6.19. The van der Waals surface area contributed by atoms with Crippen LogP contribution in [0.15, 0.2) is 76.5 Å². The molecule has 0 radical (unpaired) electrons. The lowest BCUT2D eigenvalue weighted by Gasteiger charge is -2.31. The highest BCUT2D eigenvalue weighted by Crippen LogP contribution is 2.48. The van der Waals surface area contributed by atoms with Gasteiger partial charge in [-0.2, -0.15) is 23.2 Å². The van der Waals surface area contributed by atoms with Gasteiger partial charge in [-0.05, 0) is 39.8 Å². The van der Waals surface area contributed by atoms with Crippen molar-refractivity contribution in [1.29, 1.82) is 0 Å². The zero-order chi connectivity index (χ0) is 13.8. The number of hydrogen-bond donors (Lipinski definition) is 0. The van der Waals surface area contributed by atoms with E-state index in [9.17, 15) is 0 Å². The molecule has 0 bridgehead atoms. The van der Waals surface area contributed by atoms with E-state index in [-0.39, 0.29) is 0 Å². The first-order chi connectivity index (χ1) is 10.4. The van der Waals surface area contributed by atoms with Crippen molar-refractivity contribution in [2.75, 3.05) is 0 Å². The van der Waals surface area contributed by atoms with Crippen LogP contribution in [0.5, 0.6) is 0 Å². The molecule has 21 heavy (non-hydrogen) atoms. The Labute approximate surface area is 132 Å². The molecule has 0 atom stereocenters. The standard InChI is InChI=1S/C18H11BS2/c1-3-10-16-12(6-1)14-8-5-9-15-13-7-2-4-11-17(13)21-19(20-16)18(14)15/h1-11H. The van der Waals surface area contributed by atoms with E-state index in [1.54, 1.807) is 0 Å².